The second-order valence-electron chi connectivity index (χ2n) is 5.27. The normalized spacial score (nSPS) is 35.1. The van der Waals surface area contributed by atoms with E-state index in [1.807, 2.05) is 0 Å². The molecule has 0 unspecified atom stereocenters. The van der Waals surface area contributed by atoms with Crippen LogP contribution in [0.1, 0.15) is 19.8 Å². The Morgan fingerprint density at radius 2 is 1.70 bits per heavy atom. The minimum absolute atomic E-state index is 0.822. The van der Waals surface area contributed by atoms with Gasteiger partial charge in [0.25, 0.3) is 0 Å². The van der Waals surface area contributed by atoms with Gasteiger partial charge in [0, 0.05) is 0 Å². The SMILES string of the molecule is CC1CC2(C1)C[N+](C)(C)C2. The first kappa shape index (κ1) is 6.66. The van der Waals surface area contributed by atoms with E-state index < -0.39 is 0 Å². The van der Waals surface area contributed by atoms with E-state index >= 15 is 0 Å². The number of nitrogens with zero attached hydrogens (tertiary/aromatic N) is 1. The molecule has 1 nitrogen and oxygen atoms in total. The maximum atomic E-state index is 2.38. The summed E-state index contributed by atoms with van der Waals surface area (Å²) in [6.07, 6.45) is 3.02. The van der Waals surface area contributed by atoms with Gasteiger partial charge in [0.1, 0.15) is 0 Å². The van der Waals surface area contributed by atoms with Crippen LogP contribution in [0, 0.1) is 11.3 Å². The molecule has 2 rings (SSSR count). The van der Waals surface area contributed by atoms with Crippen LogP contribution in [0.25, 0.3) is 0 Å². The average Bonchev–Trinajstić information content (AvgIpc) is 1.55. The highest BCUT2D eigenvalue weighted by molar-refractivity contribution is 4.96. The van der Waals surface area contributed by atoms with E-state index in [0.29, 0.717) is 0 Å². The molecule has 0 amide bonds. The highest BCUT2D eigenvalue weighted by atomic mass is 15.4. The van der Waals surface area contributed by atoms with E-state index in [2.05, 4.69) is 21.0 Å². The molecule has 1 heterocycles. The van der Waals surface area contributed by atoms with Crippen molar-refractivity contribution in [2.75, 3.05) is 27.2 Å². The van der Waals surface area contributed by atoms with Gasteiger partial charge in [0.05, 0.1) is 32.6 Å². The van der Waals surface area contributed by atoms with Gasteiger partial charge >= 0.3 is 0 Å². The predicted octanol–water partition coefficient (Wildman–Crippen LogP) is 1.49. The molecule has 0 aromatic carbocycles. The monoisotopic (exact) mass is 140 g/mol. The molecule has 1 aliphatic carbocycles. The number of quaternary nitrogens is 1. The van der Waals surface area contributed by atoms with Crippen molar-refractivity contribution >= 4 is 0 Å². The lowest BCUT2D eigenvalue weighted by Crippen LogP contribution is -2.69. The molecule has 58 valence electrons. The van der Waals surface area contributed by atoms with Gasteiger partial charge in [-0.1, -0.05) is 6.92 Å². The first-order valence-electron chi connectivity index (χ1n) is 4.33. The Hall–Kier alpha value is -0.0400. The maximum absolute atomic E-state index is 2.38. The minimum Gasteiger partial charge on any atom is -0.327 e. The van der Waals surface area contributed by atoms with Crippen molar-refractivity contribution in [2.24, 2.45) is 11.3 Å². The molecular weight excluding hydrogens is 122 g/mol. The third-order valence-electron chi connectivity index (χ3n) is 3.09. The van der Waals surface area contributed by atoms with Gasteiger partial charge in [0.2, 0.25) is 0 Å². The van der Waals surface area contributed by atoms with Crippen molar-refractivity contribution < 1.29 is 4.48 Å². The summed E-state index contributed by atoms with van der Waals surface area (Å²) in [5.41, 5.74) is 0.822. The molecular formula is C9H18N+. The molecule has 1 heteroatoms. The van der Waals surface area contributed by atoms with Crippen LogP contribution >= 0.6 is 0 Å². The van der Waals surface area contributed by atoms with Crippen LogP contribution in [0.5, 0.6) is 0 Å². The molecule has 0 aromatic heterocycles. The van der Waals surface area contributed by atoms with Crippen molar-refractivity contribution in [2.45, 2.75) is 19.8 Å². The smallest absolute Gasteiger partial charge is 0.0894 e. The summed E-state index contributed by atoms with van der Waals surface area (Å²) in [6.45, 7) is 5.26. The third-order valence-corrected chi connectivity index (χ3v) is 3.09. The lowest BCUT2D eigenvalue weighted by Gasteiger charge is -2.60. The molecule has 1 saturated heterocycles. The standard InChI is InChI=1S/C9H18N/c1-8-4-9(5-8)6-10(2,3)7-9/h8H,4-7H2,1-3H3/q+1. The second kappa shape index (κ2) is 1.58. The van der Waals surface area contributed by atoms with Crippen molar-refractivity contribution in [3.63, 3.8) is 0 Å². The van der Waals surface area contributed by atoms with Crippen molar-refractivity contribution in [3.8, 4) is 0 Å². The Bertz CT molecular complexity index is 144. The highest BCUT2D eigenvalue weighted by Gasteiger charge is 2.57. The zero-order valence-corrected chi connectivity index (χ0v) is 7.35. The Morgan fingerprint density at radius 3 is 2.00 bits per heavy atom. The molecule has 1 spiro atoms. The van der Waals surface area contributed by atoms with E-state index in [9.17, 15) is 0 Å². The Balaban J connectivity index is 1.91. The van der Waals surface area contributed by atoms with Crippen molar-refractivity contribution in [1.82, 2.24) is 0 Å². The summed E-state index contributed by atoms with van der Waals surface area (Å²) in [5.74, 6) is 1.03. The van der Waals surface area contributed by atoms with Crippen molar-refractivity contribution in [1.29, 1.82) is 0 Å². The van der Waals surface area contributed by atoms with E-state index in [0.717, 1.165) is 11.3 Å². The van der Waals surface area contributed by atoms with Gasteiger partial charge in [-0.2, -0.15) is 0 Å². The third kappa shape index (κ3) is 0.800. The Morgan fingerprint density at radius 1 is 1.20 bits per heavy atom. The fraction of sp³-hybridized carbons (Fsp3) is 1.00. The molecule has 0 bridgehead atoms. The first-order valence-corrected chi connectivity index (χ1v) is 4.33. The lowest BCUT2D eigenvalue weighted by atomic mass is 9.57. The van der Waals surface area contributed by atoms with Crippen LogP contribution in [-0.2, 0) is 0 Å². The van der Waals surface area contributed by atoms with Gasteiger partial charge in [0.15, 0.2) is 0 Å². The predicted molar refractivity (Wildman–Crippen MR) is 42.7 cm³/mol. The Labute approximate surface area is 63.6 Å². The topological polar surface area (TPSA) is 0 Å². The summed E-state index contributed by atoms with van der Waals surface area (Å²) >= 11 is 0. The largest absolute Gasteiger partial charge is 0.327 e. The second-order valence-corrected chi connectivity index (χ2v) is 5.27. The zero-order valence-electron chi connectivity index (χ0n) is 7.35. The van der Waals surface area contributed by atoms with E-state index in [4.69, 9.17) is 0 Å². The summed E-state index contributed by atoms with van der Waals surface area (Å²) < 4.78 is 1.27. The summed E-state index contributed by atoms with van der Waals surface area (Å²) in [6, 6.07) is 0. The number of hydrogen-bond donors (Lipinski definition) is 0. The average molecular weight is 140 g/mol. The van der Waals surface area contributed by atoms with Gasteiger partial charge in [-0.25, -0.2) is 0 Å². The van der Waals surface area contributed by atoms with Crippen LogP contribution in [0.15, 0.2) is 0 Å². The lowest BCUT2D eigenvalue weighted by molar-refractivity contribution is -0.954. The maximum Gasteiger partial charge on any atom is 0.0894 e. The van der Waals surface area contributed by atoms with Crippen LogP contribution in [0.3, 0.4) is 0 Å². The summed E-state index contributed by atoms with van der Waals surface area (Å²) in [4.78, 5) is 0. The highest BCUT2D eigenvalue weighted by Crippen LogP contribution is 2.53. The van der Waals surface area contributed by atoms with Crippen LogP contribution in [-0.4, -0.2) is 31.7 Å². The fourth-order valence-corrected chi connectivity index (χ4v) is 3.45. The Kier molecular flexibility index (Phi) is 1.05. The summed E-state index contributed by atoms with van der Waals surface area (Å²) in [7, 11) is 4.68. The number of hydrogen-bond acceptors (Lipinski definition) is 0. The molecule has 0 N–H and O–H groups in total. The number of likely N-dealkylation sites (tertiary alicyclic amines) is 1. The van der Waals surface area contributed by atoms with Crippen molar-refractivity contribution in [3.05, 3.63) is 0 Å². The van der Waals surface area contributed by atoms with Gasteiger partial charge in [-0.15, -0.1) is 0 Å². The molecule has 0 radical (unpaired) electrons. The van der Waals surface area contributed by atoms with E-state index in [1.54, 1.807) is 0 Å². The van der Waals surface area contributed by atoms with Crippen LogP contribution in [0.4, 0.5) is 0 Å². The van der Waals surface area contributed by atoms with E-state index in [-0.39, 0.29) is 0 Å². The molecule has 0 atom stereocenters. The van der Waals surface area contributed by atoms with E-state index in [1.165, 1.54) is 30.4 Å². The van der Waals surface area contributed by atoms with Gasteiger partial charge < -0.3 is 4.48 Å². The quantitative estimate of drug-likeness (QED) is 0.447. The molecule has 1 aliphatic heterocycles. The molecule has 1 saturated carbocycles. The first-order chi connectivity index (χ1) is 4.52. The number of rotatable bonds is 0. The van der Waals surface area contributed by atoms with Gasteiger partial charge in [-0.3, -0.25) is 0 Å². The van der Waals surface area contributed by atoms with Crippen LogP contribution < -0.4 is 0 Å². The molecule has 2 fully saturated rings. The molecule has 2 aliphatic rings. The minimum atomic E-state index is 0.822. The van der Waals surface area contributed by atoms with Crippen LogP contribution in [0.2, 0.25) is 0 Å². The molecule has 0 aromatic rings. The summed E-state index contributed by atoms with van der Waals surface area (Å²) in [5, 5.41) is 0. The molecule has 10 heavy (non-hydrogen) atoms. The zero-order chi connectivity index (χ0) is 7.41. The fourth-order valence-electron chi connectivity index (χ4n) is 3.45. The van der Waals surface area contributed by atoms with Gasteiger partial charge in [-0.05, 0) is 18.8 Å².